The van der Waals surface area contributed by atoms with Crippen LogP contribution in [0.2, 0.25) is 0 Å². The first kappa shape index (κ1) is 13.1. The molecule has 0 spiro atoms. The highest BCUT2D eigenvalue weighted by molar-refractivity contribution is 5.89. The van der Waals surface area contributed by atoms with E-state index in [2.05, 4.69) is 6.92 Å². The van der Waals surface area contributed by atoms with Crippen LogP contribution in [0.1, 0.15) is 61.6 Å². The van der Waals surface area contributed by atoms with E-state index in [1.807, 2.05) is 0 Å². The van der Waals surface area contributed by atoms with E-state index in [0.717, 1.165) is 19.3 Å². The zero-order valence-electron chi connectivity index (χ0n) is 10.7. The Hall–Kier alpha value is -1.29. The summed E-state index contributed by atoms with van der Waals surface area (Å²) in [6.07, 6.45) is 6.73. The Balaban J connectivity index is 2.13. The normalized spacial score (nSPS) is 28.2. The van der Waals surface area contributed by atoms with Crippen molar-refractivity contribution >= 4 is 5.97 Å². The van der Waals surface area contributed by atoms with Gasteiger partial charge in [0.2, 0.25) is 0 Å². The molecule has 2 N–H and O–H groups in total. The molecule has 18 heavy (non-hydrogen) atoms. The van der Waals surface area contributed by atoms with Crippen LogP contribution < -0.4 is 0 Å². The van der Waals surface area contributed by atoms with Gasteiger partial charge in [-0.05, 0) is 37.7 Å². The minimum Gasteiger partial charge on any atom is -0.478 e. The number of furan rings is 1. The van der Waals surface area contributed by atoms with Gasteiger partial charge in [-0.1, -0.05) is 19.8 Å². The second kappa shape index (κ2) is 5.14. The fourth-order valence-corrected chi connectivity index (χ4v) is 2.92. The Morgan fingerprint density at radius 3 is 2.72 bits per heavy atom. The molecule has 0 aliphatic heterocycles. The molecule has 0 amide bonds. The van der Waals surface area contributed by atoms with Gasteiger partial charge in [0.25, 0.3) is 0 Å². The fraction of sp³-hybridized carbons (Fsp3) is 0.643. The topological polar surface area (TPSA) is 70.7 Å². The van der Waals surface area contributed by atoms with E-state index >= 15 is 0 Å². The van der Waals surface area contributed by atoms with Gasteiger partial charge in [-0.25, -0.2) is 4.79 Å². The highest BCUT2D eigenvalue weighted by atomic mass is 16.4. The monoisotopic (exact) mass is 252 g/mol. The molecule has 0 bridgehead atoms. The quantitative estimate of drug-likeness (QED) is 0.863. The van der Waals surface area contributed by atoms with Gasteiger partial charge in [0.05, 0.1) is 6.26 Å². The summed E-state index contributed by atoms with van der Waals surface area (Å²) in [6, 6.07) is 1.41. The highest BCUT2D eigenvalue weighted by Gasteiger charge is 2.39. The van der Waals surface area contributed by atoms with Crippen LogP contribution in [0.5, 0.6) is 0 Å². The van der Waals surface area contributed by atoms with Crippen molar-refractivity contribution in [2.45, 2.75) is 51.0 Å². The molecule has 2 rings (SSSR count). The van der Waals surface area contributed by atoms with Gasteiger partial charge in [-0.2, -0.15) is 0 Å². The maximum absolute atomic E-state index is 11.1. The summed E-state index contributed by atoms with van der Waals surface area (Å²) >= 11 is 0. The molecular formula is C14H20O4. The van der Waals surface area contributed by atoms with Crippen LogP contribution in [-0.2, 0) is 5.60 Å². The minimum atomic E-state index is -1.10. The largest absolute Gasteiger partial charge is 0.478 e. The molecule has 0 saturated heterocycles. The molecule has 0 radical (unpaired) electrons. The first-order chi connectivity index (χ1) is 8.57. The van der Waals surface area contributed by atoms with Crippen LogP contribution in [0.25, 0.3) is 0 Å². The van der Waals surface area contributed by atoms with Crippen molar-refractivity contribution in [2.75, 3.05) is 0 Å². The van der Waals surface area contributed by atoms with E-state index < -0.39 is 11.6 Å². The molecule has 1 fully saturated rings. The van der Waals surface area contributed by atoms with Crippen molar-refractivity contribution in [2.24, 2.45) is 5.92 Å². The van der Waals surface area contributed by atoms with Crippen molar-refractivity contribution in [1.29, 1.82) is 0 Å². The standard InChI is InChI=1S/C14H20O4/c1-2-3-10-4-7-14(17,8-5-10)12-11(13(15)16)6-9-18-12/h6,9-10,17H,2-5,7-8H2,1H3,(H,15,16). The van der Waals surface area contributed by atoms with E-state index in [1.54, 1.807) is 0 Å². The second-order valence-electron chi connectivity index (χ2n) is 5.23. The summed E-state index contributed by atoms with van der Waals surface area (Å²) in [7, 11) is 0. The summed E-state index contributed by atoms with van der Waals surface area (Å²) < 4.78 is 5.23. The number of carbonyl (C=O) groups is 1. The average Bonchev–Trinajstić information content (AvgIpc) is 2.82. The number of aliphatic hydroxyl groups is 1. The lowest BCUT2D eigenvalue weighted by Gasteiger charge is -2.34. The smallest absolute Gasteiger partial charge is 0.339 e. The summed E-state index contributed by atoms with van der Waals surface area (Å²) in [6.45, 7) is 2.16. The lowest BCUT2D eigenvalue weighted by Crippen LogP contribution is -2.32. The molecule has 100 valence electrons. The first-order valence-corrected chi connectivity index (χ1v) is 6.60. The molecule has 1 aliphatic carbocycles. The summed E-state index contributed by atoms with van der Waals surface area (Å²) in [5, 5.41) is 19.7. The average molecular weight is 252 g/mol. The fourth-order valence-electron chi connectivity index (χ4n) is 2.92. The Labute approximate surface area is 107 Å². The molecule has 4 nitrogen and oxygen atoms in total. The summed E-state index contributed by atoms with van der Waals surface area (Å²) in [5.41, 5.74) is -1.01. The third-order valence-corrected chi connectivity index (χ3v) is 3.95. The molecule has 4 heteroatoms. The maximum Gasteiger partial charge on any atom is 0.339 e. The molecule has 1 heterocycles. The van der Waals surface area contributed by atoms with Gasteiger partial charge in [0, 0.05) is 0 Å². The molecule has 1 saturated carbocycles. The Kier molecular flexibility index (Phi) is 3.76. The van der Waals surface area contributed by atoms with Gasteiger partial charge in [0.1, 0.15) is 16.9 Å². The lowest BCUT2D eigenvalue weighted by atomic mass is 9.75. The highest BCUT2D eigenvalue weighted by Crippen LogP contribution is 2.42. The zero-order chi connectivity index (χ0) is 13.2. The zero-order valence-corrected chi connectivity index (χ0v) is 10.7. The van der Waals surface area contributed by atoms with E-state index in [9.17, 15) is 9.90 Å². The molecule has 1 aromatic heterocycles. The SMILES string of the molecule is CCCC1CCC(O)(c2occc2C(=O)O)CC1. The number of carboxylic acids is 1. The first-order valence-electron chi connectivity index (χ1n) is 6.60. The molecular weight excluding hydrogens is 232 g/mol. The number of hydrogen-bond acceptors (Lipinski definition) is 3. The minimum absolute atomic E-state index is 0.0893. The van der Waals surface area contributed by atoms with Crippen LogP contribution in [0, 0.1) is 5.92 Å². The molecule has 0 unspecified atom stereocenters. The van der Waals surface area contributed by atoms with E-state index in [-0.39, 0.29) is 11.3 Å². The third-order valence-electron chi connectivity index (χ3n) is 3.95. The van der Waals surface area contributed by atoms with E-state index in [0.29, 0.717) is 18.8 Å². The van der Waals surface area contributed by atoms with Crippen LogP contribution in [-0.4, -0.2) is 16.2 Å². The predicted molar refractivity (Wildman–Crippen MR) is 66.4 cm³/mol. The van der Waals surface area contributed by atoms with Crippen LogP contribution >= 0.6 is 0 Å². The van der Waals surface area contributed by atoms with Gasteiger partial charge in [-0.15, -0.1) is 0 Å². The number of carboxylic acid groups (broad SMARTS) is 1. The van der Waals surface area contributed by atoms with Gasteiger partial charge < -0.3 is 14.6 Å². The van der Waals surface area contributed by atoms with Crippen molar-refractivity contribution in [3.8, 4) is 0 Å². The summed E-state index contributed by atoms with van der Waals surface area (Å²) in [4.78, 5) is 11.1. The molecule has 0 aromatic carbocycles. The van der Waals surface area contributed by atoms with Gasteiger partial charge in [-0.3, -0.25) is 0 Å². The Morgan fingerprint density at radius 1 is 1.50 bits per heavy atom. The van der Waals surface area contributed by atoms with Crippen molar-refractivity contribution in [3.05, 3.63) is 23.7 Å². The Morgan fingerprint density at radius 2 is 2.17 bits per heavy atom. The molecule has 1 aromatic rings. The second-order valence-corrected chi connectivity index (χ2v) is 5.23. The Bertz CT molecular complexity index is 413. The number of hydrogen-bond donors (Lipinski definition) is 2. The van der Waals surface area contributed by atoms with E-state index in [4.69, 9.17) is 9.52 Å². The molecule has 1 aliphatic rings. The maximum atomic E-state index is 11.1. The summed E-state index contributed by atoms with van der Waals surface area (Å²) in [5.74, 6) is -0.161. The third kappa shape index (κ3) is 2.43. The predicted octanol–water partition coefficient (Wildman–Crippen LogP) is 3.16. The van der Waals surface area contributed by atoms with Gasteiger partial charge >= 0.3 is 5.97 Å². The van der Waals surface area contributed by atoms with Crippen molar-refractivity contribution in [3.63, 3.8) is 0 Å². The number of rotatable bonds is 4. The molecule has 0 atom stereocenters. The van der Waals surface area contributed by atoms with Crippen LogP contribution in [0.3, 0.4) is 0 Å². The number of aromatic carboxylic acids is 1. The van der Waals surface area contributed by atoms with Crippen molar-refractivity contribution < 1.29 is 19.4 Å². The van der Waals surface area contributed by atoms with Gasteiger partial charge in [0.15, 0.2) is 0 Å². The van der Waals surface area contributed by atoms with Crippen LogP contribution in [0.15, 0.2) is 16.7 Å². The lowest BCUT2D eigenvalue weighted by molar-refractivity contribution is -0.0339. The van der Waals surface area contributed by atoms with E-state index in [1.165, 1.54) is 18.8 Å². The van der Waals surface area contributed by atoms with Crippen LogP contribution in [0.4, 0.5) is 0 Å². The van der Waals surface area contributed by atoms with Crippen molar-refractivity contribution in [1.82, 2.24) is 0 Å².